The molecule has 0 radical (unpaired) electrons. The zero-order valence-corrected chi connectivity index (χ0v) is 18.3. The molecule has 6 nitrogen and oxygen atoms in total. The Morgan fingerprint density at radius 1 is 1.25 bits per heavy atom. The molecule has 2 aromatic heterocycles. The summed E-state index contributed by atoms with van der Waals surface area (Å²) in [4.78, 5) is 6.58. The Hall–Kier alpha value is -1.97. The molecular formula is C19H23FN4O2S2. The molecule has 0 N–H and O–H groups in total. The van der Waals surface area contributed by atoms with E-state index < -0.39 is 15.7 Å². The zero-order valence-electron chi connectivity index (χ0n) is 16.7. The van der Waals surface area contributed by atoms with Gasteiger partial charge >= 0.3 is 0 Å². The van der Waals surface area contributed by atoms with Crippen molar-refractivity contribution in [3.8, 4) is 0 Å². The first-order chi connectivity index (χ1) is 13.1. The SMILES string of the molecule is CSc1nn2c(C)c(C(C)N(C)C)c(C)nc2c1S(=O)(=O)c1cccc(F)c1. The van der Waals surface area contributed by atoms with Gasteiger partial charge < -0.3 is 4.90 Å². The minimum atomic E-state index is -3.99. The molecule has 28 heavy (non-hydrogen) atoms. The topological polar surface area (TPSA) is 67.6 Å². The number of halogens is 1. The number of thioether (sulfide) groups is 1. The first-order valence-corrected chi connectivity index (χ1v) is 11.4. The molecule has 2 heterocycles. The second kappa shape index (κ2) is 7.46. The van der Waals surface area contributed by atoms with Crippen molar-refractivity contribution in [2.75, 3.05) is 20.4 Å². The molecule has 0 aliphatic heterocycles. The lowest BCUT2D eigenvalue weighted by Gasteiger charge is -2.23. The standard InChI is InChI=1S/C19H23FN4O2S2/c1-11-16(12(2)23(4)5)13(3)24-18(21-11)17(19(22-24)27-6)28(25,26)15-9-7-8-14(20)10-15/h7-10,12H,1-6H3. The van der Waals surface area contributed by atoms with Crippen molar-refractivity contribution in [2.45, 2.75) is 41.6 Å². The minimum Gasteiger partial charge on any atom is -0.303 e. The summed E-state index contributed by atoms with van der Waals surface area (Å²) in [5.41, 5.74) is 2.84. The number of rotatable bonds is 5. The molecule has 0 spiro atoms. The lowest BCUT2D eigenvalue weighted by atomic mass is 10.0. The largest absolute Gasteiger partial charge is 0.303 e. The van der Waals surface area contributed by atoms with Crippen molar-refractivity contribution in [1.82, 2.24) is 19.5 Å². The molecule has 0 aliphatic rings. The van der Waals surface area contributed by atoms with Crippen molar-refractivity contribution < 1.29 is 12.8 Å². The molecule has 1 aromatic carbocycles. The maximum Gasteiger partial charge on any atom is 0.213 e. The summed E-state index contributed by atoms with van der Waals surface area (Å²) in [6.07, 6.45) is 1.76. The number of hydrogen-bond acceptors (Lipinski definition) is 6. The Kier molecular flexibility index (Phi) is 5.53. The number of fused-ring (bicyclic) bond motifs is 1. The van der Waals surface area contributed by atoms with Crippen LogP contribution in [0, 0.1) is 19.7 Å². The number of hydrogen-bond donors (Lipinski definition) is 0. The zero-order chi connectivity index (χ0) is 20.8. The van der Waals surface area contributed by atoms with Crippen LogP contribution in [0.2, 0.25) is 0 Å². The molecule has 150 valence electrons. The summed E-state index contributed by atoms with van der Waals surface area (Å²) in [5.74, 6) is -0.606. The van der Waals surface area contributed by atoms with E-state index in [0.29, 0.717) is 5.03 Å². The van der Waals surface area contributed by atoms with Gasteiger partial charge in [-0.25, -0.2) is 22.3 Å². The fourth-order valence-electron chi connectivity index (χ4n) is 3.29. The third-order valence-electron chi connectivity index (χ3n) is 4.92. The van der Waals surface area contributed by atoms with Crippen molar-refractivity contribution in [1.29, 1.82) is 0 Å². The smallest absolute Gasteiger partial charge is 0.213 e. The molecule has 0 aliphatic carbocycles. The van der Waals surface area contributed by atoms with E-state index >= 15 is 0 Å². The molecule has 9 heteroatoms. The molecular weight excluding hydrogens is 399 g/mol. The molecule has 0 fully saturated rings. The molecule has 0 amide bonds. The van der Waals surface area contributed by atoms with Crippen LogP contribution in [0.4, 0.5) is 4.39 Å². The second-order valence-corrected chi connectivity index (χ2v) is 9.55. The van der Waals surface area contributed by atoms with Gasteiger partial charge in [0.2, 0.25) is 9.84 Å². The van der Waals surface area contributed by atoms with E-state index in [1.54, 1.807) is 10.8 Å². The van der Waals surface area contributed by atoms with E-state index in [1.807, 2.05) is 27.9 Å². The van der Waals surface area contributed by atoms with Crippen molar-refractivity contribution in [2.24, 2.45) is 0 Å². The van der Waals surface area contributed by atoms with E-state index in [2.05, 4.69) is 21.9 Å². The van der Waals surface area contributed by atoms with E-state index in [4.69, 9.17) is 0 Å². The van der Waals surface area contributed by atoms with Crippen LogP contribution in [0.5, 0.6) is 0 Å². The lowest BCUT2D eigenvalue weighted by Crippen LogP contribution is -2.21. The second-order valence-electron chi connectivity index (χ2n) is 6.87. The van der Waals surface area contributed by atoms with Gasteiger partial charge in [0.15, 0.2) is 10.5 Å². The number of sulfone groups is 1. The Labute approximate surface area is 168 Å². The van der Waals surface area contributed by atoms with Crippen LogP contribution in [-0.4, -0.2) is 48.3 Å². The van der Waals surface area contributed by atoms with Crippen LogP contribution >= 0.6 is 11.8 Å². The molecule has 1 unspecified atom stereocenters. The fourth-order valence-corrected chi connectivity index (χ4v) is 5.71. The number of nitrogens with zero attached hydrogens (tertiary/aromatic N) is 4. The van der Waals surface area contributed by atoms with Gasteiger partial charge in [-0.15, -0.1) is 11.8 Å². The van der Waals surface area contributed by atoms with Crippen LogP contribution in [0.1, 0.15) is 29.9 Å². The summed E-state index contributed by atoms with van der Waals surface area (Å²) < 4.78 is 41.9. The summed E-state index contributed by atoms with van der Waals surface area (Å²) in [7, 11) is -0.0352. The van der Waals surface area contributed by atoms with Gasteiger partial charge in [0.25, 0.3) is 0 Å². The molecule has 0 saturated heterocycles. The third kappa shape index (κ3) is 3.31. The molecule has 3 rings (SSSR count). The van der Waals surface area contributed by atoms with Gasteiger partial charge in [0.05, 0.1) is 4.90 Å². The van der Waals surface area contributed by atoms with E-state index in [-0.39, 0.29) is 21.5 Å². The predicted molar refractivity (Wildman–Crippen MR) is 108 cm³/mol. The highest BCUT2D eigenvalue weighted by Gasteiger charge is 2.30. The van der Waals surface area contributed by atoms with Crippen molar-refractivity contribution >= 4 is 27.2 Å². The van der Waals surface area contributed by atoms with Crippen LogP contribution in [0.15, 0.2) is 39.1 Å². The van der Waals surface area contributed by atoms with Crippen LogP contribution < -0.4 is 0 Å². The Balaban J connectivity index is 2.36. The van der Waals surface area contributed by atoms with Gasteiger partial charge in [-0.05, 0) is 59.3 Å². The quantitative estimate of drug-likeness (QED) is 0.585. The maximum atomic E-state index is 13.7. The summed E-state index contributed by atoms with van der Waals surface area (Å²) in [6.45, 7) is 5.84. The Bertz CT molecular complexity index is 1160. The number of aryl methyl sites for hydroxylation is 2. The molecule has 1 atom stereocenters. The highest BCUT2D eigenvalue weighted by Crippen LogP contribution is 2.35. The van der Waals surface area contributed by atoms with Crippen LogP contribution in [0.25, 0.3) is 5.65 Å². The van der Waals surface area contributed by atoms with E-state index in [1.165, 1.54) is 30.0 Å². The minimum absolute atomic E-state index is 0.0147. The maximum absolute atomic E-state index is 13.7. The molecule has 0 bridgehead atoms. The normalized spacial score (nSPS) is 13.4. The van der Waals surface area contributed by atoms with Crippen LogP contribution in [0.3, 0.4) is 0 Å². The number of benzene rings is 1. The highest BCUT2D eigenvalue weighted by molar-refractivity contribution is 7.99. The van der Waals surface area contributed by atoms with Gasteiger partial charge in [-0.1, -0.05) is 6.07 Å². The van der Waals surface area contributed by atoms with Gasteiger partial charge in [-0.3, -0.25) is 0 Å². The van der Waals surface area contributed by atoms with Crippen LogP contribution in [-0.2, 0) is 9.84 Å². The summed E-state index contributed by atoms with van der Waals surface area (Å²) in [6, 6.07) is 5.08. The van der Waals surface area contributed by atoms with E-state index in [0.717, 1.165) is 23.0 Å². The lowest BCUT2D eigenvalue weighted by molar-refractivity contribution is 0.317. The third-order valence-corrected chi connectivity index (χ3v) is 7.51. The summed E-state index contributed by atoms with van der Waals surface area (Å²) in [5, 5.41) is 4.86. The van der Waals surface area contributed by atoms with E-state index in [9.17, 15) is 12.8 Å². The van der Waals surface area contributed by atoms with Gasteiger partial charge in [0, 0.05) is 23.0 Å². The number of aromatic nitrogens is 3. The fraction of sp³-hybridized carbons (Fsp3) is 0.368. The average Bonchev–Trinajstić information content (AvgIpc) is 3.01. The van der Waals surface area contributed by atoms with Gasteiger partial charge in [-0.2, -0.15) is 5.10 Å². The molecule has 0 saturated carbocycles. The van der Waals surface area contributed by atoms with Crippen molar-refractivity contribution in [3.63, 3.8) is 0 Å². The Morgan fingerprint density at radius 3 is 2.50 bits per heavy atom. The van der Waals surface area contributed by atoms with Gasteiger partial charge in [0.1, 0.15) is 10.8 Å². The predicted octanol–water partition coefficient (Wildman–Crippen LogP) is 3.66. The Morgan fingerprint density at radius 2 is 1.93 bits per heavy atom. The average molecular weight is 423 g/mol. The molecule has 3 aromatic rings. The first-order valence-electron chi connectivity index (χ1n) is 8.70. The highest BCUT2D eigenvalue weighted by atomic mass is 32.2. The van der Waals surface area contributed by atoms with Crippen molar-refractivity contribution in [3.05, 3.63) is 47.0 Å². The monoisotopic (exact) mass is 422 g/mol. The first kappa shape index (κ1) is 20.8. The summed E-state index contributed by atoms with van der Waals surface area (Å²) >= 11 is 1.23.